The number of nitrogens with two attached hydrogens (primary N) is 1. The van der Waals surface area contributed by atoms with E-state index in [4.69, 9.17) is 10.5 Å². The van der Waals surface area contributed by atoms with Gasteiger partial charge < -0.3 is 10.5 Å². The Morgan fingerprint density at radius 3 is 2.90 bits per heavy atom. The van der Waals surface area contributed by atoms with E-state index in [0.29, 0.717) is 11.2 Å². The first-order chi connectivity index (χ1) is 10.1. The third kappa shape index (κ3) is 2.31. The number of hydrogen-bond donors (Lipinski definition) is 1. The molecule has 0 aliphatic heterocycles. The third-order valence-electron chi connectivity index (χ3n) is 3.29. The standard InChI is InChI=1S/C15H14N4O2/c1-9-6-13-17-15(16)18-19(13)8-12(9)10-4-3-5-11(7-10)14(20)21-2/h3-8H,1-2H3,(H2,16,18). The second-order valence-electron chi connectivity index (χ2n) is 4.72. The van der Waals surface area contributed by atoms with Crippen LogP contribution in [0.2, 0.25) is 0 Å². The first kappa shape index (κ1) is 13.1. The summed E-state index contributed by atoms with van der Waals surface area (Å²) in [6.07, 6.45) is 1.85. The number of anilines is 1. The molecule has 2 N–H and O–H groups in total. The molecule has 6 nitrogen and oxygen atoms in total. The van der Waals surface area contributed by atoms with Crippen molar-refractivity contribution in [2.24, 2.45) is 0 Å². The number of aromatic nitrogens is 3. The molecule has 3 aromatic rings. The van der Waals surface area contributed by atoms with Gasteiger partial charge in [-0.15, -0.1) is 5.10 Å². The quantitative estimate of drug-likeness (QED) is 0.727. The van der Waals surface area contributed by atoms with Gasteiger partial charge in [-0.25, -0.2) is 9.31 Å². The second kappa shape index (κ2) is 4.90. The largest absolute Gasteiger partial charge is 0.465 e. The fourth-order valence-electron chi connectivity index (χ4n) is 2.28. The van der Waals surface area contributed by atoms with Crippen LogP contribution in [0.4, 0.5) is 5.95 Å². The van der Waals surface area contributed by atoms with Crippen LogP contribution in [0.3, 0.4) is 0 Å². The second-order valence-corrected chi connectivity index (χ2v) is 4.72. The van der Waals surface area contributed by atoms with Gasteiger partial charge in [0, 0.05) is 11.8 Å². The van der Waals surface area contributed by atoms with Crippen molar-refractivity contribution in [3.05, 3.63) is 47.7 Å². The summed E-state index contributed by atoms with van der Waals surface area (Å²) in [7, 11) is 1.37. The van der Waals surface area contributed by atoms with E-state index in [1.54, 1.807) is 16.6 Å². The normalized spacial score (nSPS) is 10.8. The van der Waals surface area contributed by atoms with Crippen LogP contribution in [0.1, 0.15) is 15.9 Å². The van der Waals surface area contributed by atoms with E-state index in [-0.39, 0.29) is 11.9 Å². The first-order valence-electron chi connectivity index (χ1n) is 6.40. The fraction of sp³-hybridized carbons (Fsp3) is 0.133. The summed E-state index contributed by atoms with van der Waals surface area (Å²) in [5.41, 5.74) is 9.70. The van der Waals surface area contributed by atoms with Gasteiger partial charge in [-0.2, -0.15) is 4.98 Å². The summed E-state index contributed by atoms with van der Waals surface area (Å²) in [4.78, 5) is 15.8. The smallest absolute Gasteiger partial charge is 0.337 e. The molecule has 1 aromatic carbocycles. The van der Waals surface area contributed by atoms with E-state index >= 15 is 0 Å². The zero-order chi connectivity index (χ0) is 15.0. The van der Waals surface area contributed by atoms with E-state index in [1.165, 1.54) is 7.11 Å². The molecule has 0 radical (unpaired) electrons. The lowest BCUT2D eigenvalue weighted by Crippen LogP contribution is -2.01. The maximum Gasteiger partial charge on any atom is 0.337 e. The van der Waals surface area contributed by atoms with Crippen LogP contribution in [0.25, 0.3) is 16.8 Å². The van der Waals surface area contributed by atoms with E-state index < -0.39 is 0 Å². The molecule has 2 aromatic heterocycles. The SMILES string of the molecule is COC(=O)c1cccc(-c2cn3nc(N)nc3cc2C)c1. The Labute approximate surface area is 121 Å². The van der Waals surface area contributed by atoms with Gasteiger partial charge in [0.25, 0.3) is 0 Å². The number of ether oxygens (including phenoxy) is 1. The van der Waals surface area contributed by atoms with E-state index in [9.17, 15) is 4.79 Å². The highest BCUT2D eigenvalue weighted by atomic mass is 16.5. The Morgan fingerprint density at radius 1 is 1.33 bits per heavy atom. The average molecular weight is 282 g/mol. The van der Waals surface area contributed by atoms with Crippen LogP contribution >= 0.6 is 0 Å². The van der Waals surface area contributed by atoms with Gasteiger partial charge in [0.2, 0.25) is 5.95 Å². The predicted octanol–water partition coefficient (Wildman–Crippen LogP) is 2.07. The molecular weight excluding hydrogens is 268 g/mol. The van der Waals surface area contributed by atoms with Crippen molar-refractivity contribution >= 4 is 17.6 Å². The number of aryl methyl sites for hydroxylation is 1. The number of nitrogens with zero attached hydrogens (tertiary/aromatic N) is 3. The maximum atomic E-state index is 11.6. The minimum absolute atomic E-state index is 0.231. The molecule has 0 unspecified atom stereocenters. The van der Waals surface area contributed by atoms with E-state index in [0.717, 1.165) is 16.7 Å². The van der Waals surface area contributed by atoms with E-state index in [2.05, 4.69) is 10.1 Å². The van der Waals surface area contributed by atoms with Crippen LogP contribution in [0.15, 0.2) is 36.5 Å². The molecule has 3 rings (SSSR count). The maximum absolute atomic E-state index is 11.6. The summed E-state index contributed by atoms with van der Waals surface area (Å²) in [6, 6.07) is 9.17. The van der Waals surface area contributed by atoms with Crippen molar-refractivity contribution in [3.8, 4) is 11.1 Å². The highest BCUT2D eigenvalue weighted by Gasteiger charge is 2.10. The van der Waals surface area contributed by atoms with Crippen molar-refractivity contribution in [3.63, 3.8) is 0 Å². The Bertz CT molecular complexity index is 839. The van der Waals surface area contributed by atoms with Gasteiger partial charge in [0.1, 0.15) is 0 Å². The van der Waals surface area contributed by atoms with Crippen LogP contribution < -0.4 is 5.73 Å². The Hall–Kier alpha value is -2.89. The molecule has 0 saturated heterocycles. The fourth-order valence-corrected chi connectivity index (χ4v) is 2.28. The molecule has 21 heavy (non-hydrogen) atoms. The monoisotopic (exact) mass is 282 g/mol. The molecule has 2 heterocycles. The summed E-state index contributed by atoms with van der Waals surface area (Å²) < 4.78 is 6.38. The summed E-state index contributed by atoms with van der Waals surface area (Å²) in [6.45, 7) is 1.98. The number of methoxy groups -OCH3 is 1. The molecule has 0 atom stereocenters. The summed E-state index contributed by atoms with van der Waals surface area (Å²) in [5.74, 6) is -0.129. The number of pyridine rings is 1. The molecule has 0 saturated carbocycles. The lowest BCUT2D eigenvalue weighted by atomic mass is 10.0. The number of rotatable bonds is 2. The zero-order valence-electron chi connectivity index (χ0n) is 11.7. The van der Waals surface area contributed by atoms with Gasteiger partial charge in [-0.05, 0) is 36.2 Å². The minimum atomic E-state index is -0.361. The lowest BCUT2D eigenvalue weighted by Gasteiger charge is -2.08. The summed E-state index contributed by atoms with van der Waals surface area (Å²) >= 11 is 0. The molecule has 0 aliphatic carbocycles. The third-order valence-corrected chi connectivity index (χ3v) is 3.29. The number of carbonyl (C=O) groups excluding carboxylic acids is 1. The molecule has 0 bridgehead atoms. The first-order valence-corrected chi connectivity index (χ1v) is 6.40. The van der Waals surface area contributed by atoms with Crippen molar-refractivity contribution in [2.75, 3.05) is 12.8 Å². The highest BCUT2D eigenvalue weighted by molar-refractivity contribution is 5.91. The molecular formula is C15H14N4O2. The van der Waals surface area contributed by atoms with Crippen molar-refractivity contribution < 1.29 is 9.53 Å². The molecule has 0 amide bonds. The van der Waals surface area contributed by atoms with Gasteiger partial charge in [-0.1, -0.05) is 12.1 Å². The highest BCUT2D eigenvalue weighted by Crippen LogP contribution is 2.25. The van der Waals surface area contributed by atoms with Crippen LogP contribution in [-0.4, -0.2) is 27.7 Å². The number of nitrogen functional groups attached to an aromatic ring is 1. The zero-order valence-corrected chi connectivity index (χ0v) is 11.7. The molecule has 0 fully saturated rings. The van der Waals surface area contributed by atoms with E-state index in [1.807, 2.05) is 31.3 Å². The Balaban J connectivity index is 2.15. The number of esters is 1. The minimum Gasteiger partial charge on any atom is -0.465 e. The molecule has 0 spiro atoms. The molecule has 6 heteroatoms. The van der Waals surface area contributed by atoms with Gasteiger partial charge in [-0.3, -0.25) is 0 Å². The van der Waals surface area contributed by atoms with Crippen LogP contribution in [-0.2, 0) is 4.74 Å². The Morgan fingerprint density at radius 2 is 2.14 bits per heavy atom. The number of benzene rings is 1. The van der Waals surface area contributed by atoms with Crippen molar-refractivity contribution in [2.45, 2.75) is 6.92 Å². The average Bonchev–Trinajstić information content (AvgIpc) is 2.84. The number of fused-ring (bicyclic) bond motifs is 1. The van der Waals surface area contributed by atoms with Crippen LogP contribution in [0, 0.1) is 6.92 Å². The Kier molecular flexibility index (Phi) is 3.06. The number of carbonyl (C=O) groups is 1. The van der Waals surface area contributed by atoms with Crippen molar-refractivity contribution in [1.82, 2.24) is 14.6 Å². The van der Waals surface area contributed by atoms with Gasteiger partial charge in [0.15, 0.2) is 5.65 Å². The van der Waals surface area contributed by atoms with Gasteiger partial charge >= 0.3 is 5.97 Å². The number of hydrogen-bond acceptors (Lipinski definition) is 5. The lowest BCUT2D eigenvalue weighted by molar-refractivity contribution is 0.0601. The summed E-state index contributed by atoms with van der Waals surface area (Å²) in [5, 5.41) is 4.11. The van der Waals surface area contributed by atoms with Crippen molar-refractivity contribution in [1.29, 1.82) is 0 Å². The molecule has 0 aliphatic rings. The van der Waals surface area contributed by atoms with Gasteiger partial charge in [0.05, 0.1) is 12.7 Å². The predicted molar refractivity (Wildman–Crippen MR) is 78.9 cm³/mol. The van der Waals surface area contributed by atoms with Crippen LogP contribution in [0.5, 0.6) is 0 Å². The molecule has 106 valence electrons. The topological polar surface area (TPSA) is 82.5 Å².